The van der Waals surface area contributed by atoms with Gasteiger partial charge in [-0.25, -0.2) is 0 Å². The molecule has 0 bridgehead atoms. The number of hydrogen-bond acceptors (Lipinski definition) is 4. The number of likely N-dealkylation sites (tertiary alicyclic amines) is 1. The number of rotatable bonds is 5. The molecule has 1 aliphatic heterocycles. The standard InChI is InChI=1S/C15H26N2O3Si/c1-8-9-17-11(10-16)12(13(19-5)14(17)18)20-21(6,7)15(2,3)4/h8,11-13H,1,9H2,2-7H3/t11-,12+,13-/m1/s1. The Balaban J connectivity index is 3.11. The summed E-state index contributed by atoms with van der Waals surface area (Å²) in [7, 11) is -0.621. The van der Waals surface area contributed by atoms with E-state index in [-0.39, 0.29) is 10.9 Å². The Hall–Kier alpha value is -1.16. The highest BCUT2D eigenvalue weighted by Gasteiger charge is 2.52. The SMILES string of the molecule is C=CCN1C(=O)[C@H](OC)[C@@H](O[Si](C)(C)C(C)(C)C)[C@H]1C#N. The molecule has 21 heavy (non-hydrogen) atoms. The van der Waals surface area contributed by atoms with Crippen LogP contribution in [-0.2, 0) is 14.0 Å². The molecule has 0 aliphatic carbocycles. The Bertz CT molecular complexity index is 451. The first-order valence-electron chi connectivity index (χ1n) is 7.12. The van der Waals surface area contributed by atoms with Crippen LogP contribution in [0, 0.1) is 11.3 Å². The van der Waals surface area contributed by atoms with Crippen molar-refractivity contribution in [2.75, 3.05) is 13.7 Å². The average molecular weight is 310 g/mol. The second-order valence-electron chi connectivity index (χ2n) is 6.85. The lowest BCUT2D eigenvalue weighted by atomic mass is 10.1. The number of carbonyl (C=O) groups is 1. The molecular formula is C15H26N2O3Si. The van der Waals surface area contributed by atoms with E-state index in [1.54, 1.807) is 6.08 Å². The molecule has 0 radical (unpaired) electrons. The molecule has 1 amide bonds. The third-order valence-corrected chi connectivity index (χ3v) is 8.89. The Morgan fingerprint density at radius 3 is 2.43 bits per heavy atom. The zero-order chi connectivity index (χ0) is 16.4. The van der Waals surface area contributed by atoms with Gasteiger partial charge in [0, 0.05) is 13.7 Å². The first-order valence-corrected chi connectivity index (χ1v) is 10.0. The summed E-state index contributed by atoms with van der Waals surface area (Å²) >= 11 is 0. The van der Waals surface area contributed by atoms with E-state index < -0.39 is 26.6 Å². The molecule has 0 aromatic carbocycles. The molecule has 118 valence electrons. The third-order valence-electron chi connectivity index (χ3n) is 4.42. The number of amides is 1. The molecule has 1 heterocycles. The van der Waals surface area contributed by atoms with Gasteiger partial charge >= 0.3 is 0 Å². The van der Waals surface area contributed by atoms with Gasteiger partial charge in [0.25, 0.3) is 5.91 Å². The predicted molar refractivity (Wildman–Crippen MR) is 84.2 cm³/mol. The first-order chi connectivity index (χ1) is 9.60. The monoisotopic (exact) mass is 310 g/mol. The number of hydrogen-bond donors (Lipinski definition) is 0. The summed E-state index contributed by atoms with van der Waals surface area (Å²) in [6.07, 6.45) is 0.348. The quantitative estimate of drug-likeness (QED) is 0.577. The zero-order valence-corrected chi connectivity index (χ0v) is 14.8. The summed E-state index contributed by atoms with van der Waals surface area (Å²) in [6, 6.07) is 1.56. The molecule has 3 atom stereocenters. The van der Waals surface area contributed by atoms with Crippen LogP contribution in [0.1, 0.15) is 20.8 Å². The van der Waals surface area contributed by atoms with E-state index in [0.29, 0.717) is 6.54 Å². The summed E-state index contributed by atoms with van der Waals surface area (Å²) in [4.78, 5) is 13.9. The van der Waals surface area contributed by atoms with E-state index in [1.165, 1.54) is 12.0 Å². The number of methoxy groups -OCH3 is 1. The molecular weight excluding hydrogens is 284 g/mol. The molecule has 6 heteroatoms. The van der Waals surface area contributed by atoms with Crippen LogP contribution in [0.25, 0.3) is 0 Å². The molecule has 1 aliphatic rings. The maximum absolute atomic E-state index is 12.4. The van der Waals surface area contributed by atoms with Crippen LogP contribution in [0.2, 0.25) is 18.1 Å². The van der Waals surface area contributed by atoms with Crippen molar-refractivity contribution in [1.82, 2.24) is 4.90 Å². The molecule has 0 aromatic heterocycles. The molecule has 5 nitrogen and oxygen atoms in total. The van der Waals surface area contributed by atoms with Gasteiger partial charge in [-0.2, -0.15) is 5.26 Å². The van der Waals surface area contributed by atoms with Gasteiger partial charge in [-0.15, -0.1) is 6.58 Å². The normalized spacial score (nSPS) is 26.8. The first kappa shape index (κ1) is 17.9. The number of nitrogens with zero attached hydrogens (tertiary/aromatic N) is 2. The van der Waals surface area contributed by atoms with Gasteiger partial charge in [-0.1, -0.05) is 26.8 Å². The Kier molecular flexibility index (Phi) is 5.37. The number of ether oxygens (including phenoxy) is 1. The van der Waals surface area contributed by atoms with Gasteiger partial charge in [0.2, 0.25) is 0 Å². The second kappa shape index (κ2) is 6.30. The number of nitriles is 1. The number of carbonyl (C=O) groups excluding carboxylic acids is 1. The van der Waals surface area contributed by atoms with Gasteiger partial charge < -0.3 is 14.1 Å². The Labute approximate surface area is 128 Å². The lowest BCUT2D eigenvalue weighted by molar-refractivity contribution is -0.137. The molecule has 0 saturated carbocycles. The van der Waals surface area contributed by atoms with Crippen molar-refractivity contribution < 1.29 is 14.0 Å². The lowest BCUT2D eigenvalue weighted by Crippen LogP contribution is -2.49. The van der Waals surface area contributed by atoms with E-state index in [2.05, 4.69) is 46.5 Å². The van der Waals surface area contributed by atoms with E-state index in [0.717, 1.165) is 0 Å². The summed E-state index contributed by atoms with van der Waals surface area (Å²) in [5.41, 5.74) is 0. The molecule has 0 unspecified atom stereocenters. The molecule has 0 spiro atoms. The van der Waals surface area contributed by atoms with Crippen molar-refractivity contribution in [3.05, 3.63) is 12.7 Å². The maximum Gasteiger partial charge on any atom is 0.255 e. The van der Waals surface area contributed by atoms with Crippen LogP contribution in [0.3, 0.4) is 0 Å². The Morgan fingerprint density at radius 2 is 2.05 bits per heavy atom. The van der Waals surface area contributed by atoms with Crippen molar-refractivity contribution in [3.63, 3.8) is 0 Å². The van der Waals surface area contributed by atoms with E-state index in [4.69, 9.17) is 9.16 Å². The second-order valence-corrected chi connectivity index (χ2v) is 11.6. The molecule has 1 saturated heterocycles. The van der Waals surface area contributed by atoms with Gasteiger partial charge in [-0.05, 0) is 18.1 Å². The molecule has 0 aromatic rings. The van der Waals surface area contributed by atoms with Crippen molar-refractivity contribution in [2.45, 2.75) is 57.2 Å². The Morgan fingerprint density at radius 1 is 1.48 bits per heavy atom. The highest BCUT2D eigenvalue weighted by molar-refractivity contribution is 6.74. The van der Waals surface area contributed by atoms with E-state index in [1.807, 2.05) is 0 Å². The highest BCUT2D eigenvalue weighted by Crippen LogP contribution is 2.39. The minimum Gasteiger partial charge on any atom is -0.407 e. The lowest BCUT2D eigenvalue weighted by Gasteiger charge is -2.39. The maximum atomic E-state index is 12.4. The molecule has 0 N–H and O–H groups in total. The van der Waals surface area contributed by atoms with Crippen LogP contribution in [0.5, 0.6) is 0 Å². The predicted octanol–water partition coefficient (Wildman–Crippen LogP) is 2.31. The fourth-order valence-electron chi connectivity index (χ4n) is 2.15. The van der Waals surface area contributed by atoms with Gasteiger partial charge in [-0.3, -0.25) is 4.79 Å². The van der Waals surface area contributed by atoms with E-state index in [9.17, 15) is 10.1 Å². The van der Waals surface area contributed by atoms with Crippen molar-refractivity contribution in [1.29, 1.82) is 5.26 Å². The van der Waals surface area contributed by atoms with Crippen LogP contribution < -0.4 is 0 Å². The van der Waals surface area contributed by atoms with Crippen LogP contribution in [0.15, 0.2) is 12.7 Å². The molecule has 1 fully saturated rings. The smallest absolute Gasteiger partial charge is 0.255 e. The minimum absolute atomic E-state index is 0.000200. The summed E-state index contributed by atoms with van der Waals surface area (Å²) < 4.78 is 11.6. The fourth-order valence-corrected chi connectivity index (χ4v) is 3.43. The van der Waals surface area contributed by atoms with Gasteiger partial charge in [0.1, 0.15) is 12.1 Å². The summed E-state index contributed by atoms with van der Waals surface area (Å²) in [5, 5.41) is 9.47. The third kappa shape index (κ3) is 3.36. The summed E-state index contributed by atoms with van der Waals surface area (Å²) in [6.45, 7) is 14.6. The van der Waals surface area contributed by atoms with E-state index >= 15 is 0 Å². The zero-order valence-electron chi connectivity index (χ0n) is 13.8. The van der Waals surface area contributed by atoms with Crippen molar-refractivity contribution in [3.8, 4) is 6.07 Å². The topological polar surface area (TPSA) is 62.6 Å². The van der Waals surface area contributed by atoms with Crippen LogP contribution >= 0.6 is 0 Å². The minimum atomic E-state index is -2.10. The summed E-state index contributed by atoms with van der Waals surface area (Å²) in [5.74, 6) is -0.201. The molecule has 1 rings (SSSR count). The van der Waals surface area contributed by atoms with Gasteiger partial charge in [0.05, 0.1) is 6.07 Å². The highest BCUT2D eigenvalue weighted by atomic mass is 28.4. The largest absolute Gasteiger partial charge is 0.407 e. The van der Waals surface area contributed by atoms with Crippen LogP contribution in [-0.4, -0.2) is 51.0 Å². The van der Waals surface area contributed by atoms with Crippen molar-refractivity contribution in [2.24, 2.45) is 0 Å². The van der Waals surface area contributed by atoms with Gasteiger partial charge in [0.15, 0.2) is 14.4 Å². The van der Waals surface area contributed by atoms with Crippen molar-refractivity contribution >= 4 is 14.2 Å². The van der Waals surface area contributed by atoms with Crippen LogP contribution in [0.4, 0.5) is 0 Å². The average Bonchev–Trinajstić information content (AvgIpc) is 2.60. The fraction of sp³-hybridized carbons (Fsp3) is 0.733.